The SMILES string of the molecule is CN(Cc1ccc(C(F)(F)F)cc1C(=N)N=NN)C1(C)CCN(C(=O)OC(C(F)(F)F)C(F)(F)F)CC1. The number of ether oxygens (including phenoxy) is 1. The van der Waals surface area contributed by atoms with E-state index in [0.29, 0.717) is 0 Å². The van der Waals surface area contributed by atoms with Gasteiger partial charge in [-0.15, -0.1) is 5.11 Å². The van der Waals surface area contributed by atoms with E-state index in [0.717, 1.165) is 23.1 Å². The number of alkyl halides is 9. The minimum atomic E-state index is -5.84. The Kier molecular flexibility index (Phi) is 8.72. The van der Waals surface area contributed by atoms with Crippen LogP contribution in [0.3, 0.4) is 0 Å². The largest absolute Gasteiger partial charge is 0.434 e. The Labute approximate surface area is 204 Å². The Morgan fingerprint density at radius 1 is 1.14 bits per heavy atom. The zero-order valence-electron chi connectivity index (χ0n) is 19.4. The molecule has 0 saturated carbocycles. The molecule has 0 atom stereocenters. The predicted molar refractivity (Wildman–Crippen MR) is 110 cm³/mol. The van der Waals surface area contributed by atoms with Gasteiger partial charge in [-0.25, -0.2) is 4.79 Å². The van der Waals surface area contributed by atoms with Crippen LogP contribution < -0.4 is 5.84 Å². The van der Waals surface area contributed by atoms with Crippen LogP contribution >= 0.6 is 0 Å². The van der Waals surface area contributed by atoms with Gasteiger partial charge in [-0.05, 0) is 44.5 Å². The highest BCUT2D eigenvalue weighted by atomic mass is 19.4. The third-order valence-corrected chi connectivity index (χ3v) is 6.09. The van der Waals surface area contributed by atoms with Crippen molar-refractivity contribution in [2.45, 2.75) is 56.5 Å². The zero-order valence-corrected chi connectivity index (χ0v) is 19.4. The number of benzene rings is 1. The van der Waals surface area contributed by atoms with E-state index in [-0.39, 0.29) is 43.6 Å². The average molecular weight is 550 g/mol. The number of nitrogens with two attached hydrogens (primary N) is 1. The second kappa shape index (κ2) is 10.7. The minimum absolute atomic E-state index is 0.0128. The van der Waals surface area contributed by atoms with E-state index in [9.17, 15) is 44.3 Å². The number of nitrogens with one attached hydrogen (secondary N) is 1. The number of hydrogen-bond donors (Lipinski definition) is 2. The lowest BCUT2D eigenvalue weighted by atomic mass is 9.87. The molecule has 1 saturated heterocycles. The highest BCUT2D eigenvalue weighted by molar-refractivity contribution is 5.98. The van der Waals surface area contributed by atoms with Gasteiger partial charge in [0.1, 0.15) is 0 Å². The number of piperidine rings is 1. The molecule has 1 aliphatic rings. The van der Waals surface area contributed by atoms with Crippen molar-refractivity contribution in [3.05, 3.63) is 34.9 Å². The van der Waals surface area contributed by atoms with Crippen LogP contribution in [0.4, 0.5) is 44.3 Å². The van der Waals surface area contributed by atoms with Gasteiger partial charge < -0.3 is 15.5 Å². The summed E-state index contributed by atoms with van der Waals surface area (Å²) in [6.07, 6.45) is -22.2. The highest BCUT2D eigenvalue weighted by Gasteiger charge is 2.60. The van der Waals surface area contributed by atoms with Crippen LogP contribution in [0.25, 0.3) is 0 Å². The lowest BCUT2D eigenvalue weighted by Gasteiger charge is -2.45. The first-order chi connectivity index (χ1) is 16.8. The topological polar surface area (TPSA) is 107 Å². The lowest BCUT2D eigenvalue weighted by Crippen LogP contribution is -2.54. The van der Waals surface area contributed by atoms with Gasteiger partial charge in [0, 0.05) is 30.7 Å². The van der Waals surface area contributed by atoms with Crippen LogP contribution in [0.2, 0.25) is 0 Å². The summed E-state index contributed by atoms with van der Waals surface area (Å²) >= 11 is 0. The van der Waals surface area contributed by atoms with Gasteiger partial charge in [-0.2, -0.15) is 39.5 Å². The normalized spacial score (nSPS) is 17.1. The number of amides is 1. The molecule has 1 amide bonds. The molecule has 37 heavy (non-hydrogen) atoms. The van der Waals surface area contributed by atoms with Gasteiger partial charge in [0.2, 0.25) is 0 Å². The second-order valence-electron chi connectivity index (χ2n) is 8.62. The van der Waals surface area contributed by atoms with Gasteiger partial charge >= 0.3 is 24.6 Å². The maximum atomic E-state index is 13.1. The van der Waals surface area contributed by atoms with Gasteiger partial charge in [0.05, 0.1) is 5.56 Å². The fourth-order valence-electron chi connectivity index (χ4n) is 3.72. The van der Waals surface area contributed by atoms with E-state index < -0.39 is 47.7 Å². The molecule has 0 aromatic heterocycles. The average Bonchev–Trinajstić information content (AvgIpc) is 2.75. The molecule has 0 unspecified atom stereocenters. The zero-order chi connectivity index (χ0) is 28.4. The summed E-state index contributed by atoms with van der Waals surface area (Å²) in [5.74, 6) is 4.29. The van der Waals surface area contributed by atoms with Gasteiger partial charge in [-0.1, -0.05) is 11.3 Å². The molecule has 1 aromatic rings. The van der Waals surface area contributed by atoms with Crippen molar-refractivity contribution in [1.82, 2.24) is 9.80 Å². The third-order valence-electron chi connectivity index (χ3n) is 6.09. The molecule has 0 radical (unpaired) electrons. The summed E-state index contributed by atoms with van der Waals surface area (Å²) in [4.78, 5) is 14.4. The molecule has 8 nitrogen and oxygen atoms in total. The van der Waals surface area contributed by atoms with Crippen LogP contribution in [-0.4, -0.2) is 65.9 Å². The molecule has 208 valence electrons. The van der Waals surface area contributed by atoms with Gasteiger partial charge in [0.25, 0.3) is 6.10 Å². The molecule has 3 N–H and O–H groups in total. The monoisotopic (exact) mass is 550 g/mol. The summed E-state index contributed by atoms with van der Waals surface area (Å²) in [6, 6.07) is 2.69. The number of likely N-dealkylation sites (tertiary alicyclic amines) is 1. The summed E-state index contributed by atoms with van der Waals surface area (Å²) in [5, 5.41) is 14.1. The number of nitrogens with zero attached hydrogens (tertiary/aromatic N) is 4. The quantitative estimate of drug-likeness (QED) is 0.130. The van der Waals surface area contributed by atoms with Crippen molar-refractivity contribution in [3.63, 3.8) is 0 Å². The number of rotatable bonds is 5. The van der Waals surface area contributed by atoms with Crippen molar-refractivity contribution in [1.29, 1.82) is 5.41 Å². The molecule has 1 fully saturated rings. The highest BCUT2D eigenvalue weighted by Crippen LogP contribution is 2.37. The molecule has 1 heterocycles. The maximum Gasteiger partial charge on any atom is 0.434 e. The van der Waals surface area contributed by atoms with E-state index in [1.165, 1.54) is 0 Å². The van der Waals surface area contributed by atoms with E-state index >= 15 is 0 Å². The van der Waals surface area contributed by atoms with Crippen LogP contribution in [0, 0.1) is 5.41 Å². The number of halogens is 9. The molecule has 1 aromatic carbocycles. The Morgan fingerprint density at radius 2 is 1.68 bits per heavy atom. The van der Waals surface area contributed by atoms with Crippen molar-refractivity contribution in [2.75, 3.05) is 20.1 Å². The summed E-state index contributed by atoms with van der Waals surface area (Å²) in [5.41, 5.74) is -1.72. The number of carbonyl (C=O) groups is 1. The first-order valence-corrected chi connectivity index (χ1v) is 10.5. The molecule has 2 rings (SSSR count). The number of carbonyl (C=O) groups excluding carboxylic acids is 1. The molecule has 0 spiro atoms. The first kappa shape index (κ1) is 30.1. The number of hydrogen-bond acceptors (Lipinski definition) is 5. The third kappa shape index (κ3) is 7.45. The molecule has 1 aliphatic heterocycles. The Bertz CT molecular complexity index is 1000. The van der Waals surface area contributed by atoms with Crippen molar-refractivity contribution in [3.8, 4) is 0 Å². The van der Waals surface area contributed by atoms with Gasteiger partial charge in [-0.3, -0.25) is 10.3 Å². The number of amidine groups is 1. The molecular weight excluding hydrogens is 527 g/mol. The Hall–Kier alpha value is -3.11. The smallest absolute Gasteiger partial charge is 0.426 e. The van der Waals surface area contributed by atoms with Crippen LogP contribution in [0.15, 0.2) is 28.5 Å². The predicted octanol–water partition coefficient (Wildman–Crippen LogP) is 5.27. The summed E-state index contributed by atoms with van der Waals surface area (Å²) in [7, 11) is 1.59. The van der Waals surface area contributed by atoms with E-state index in [2.05, 4.69) is 15.1 Å². The first-order valence-electron chi connectivity index (χ1n) is 10.5. The molecule has 0 aliphatic carbocycles. The second-order valence-corrected chi connectivity index (χ2v) is 8.62. The van der Waals surface area contributed by atoms with E-state index in [1.807, 2.05) is 0 Å². The van der Waals surface area contributed by atoms with E-state index in [1.54, 1.807) is 18.9 Å². The Balaban J connectivity index is 2.15. The van der Waals surface area contributed by atoms with Crippen LogP contribution in [0.5, 0.6) is 0 Å². The minimum Gasteiger partial charge on any atom is -0.426 e. The van der Waals surface area contributed by atoms with Gasteiger partial charge in [0.15, 0.2) is 5.84 Å². The Morgan fingerprint density at radius 3 is 2.14 bits per heavy atom. The standard InChI is InChI=1S/C20H23F9N6O2/c1-17(5-7-35(8-6-17)16(36)37-15(19(24,25)26)20(27,28)29)34(2)10-11-3-4-12(18(21,22)23)9-13(11)14(30)32-33-31/h3-4,9,15H,5-8,10H2,1-2H3,(H3,30,31,32). The fraction of sp³-hybridized carbons (Fsp3) is 0.600. The summed E-state index contributed by atoms with van der Waals surface area (Å²) in [6.45, 7) is 1.22. The fourth-order valence-corrected chi connectivity index (χ4v) is 3.72. The van der Waals surface area contributed by atoms with Crippen LogP contribution in [-0.2, 0) is 17.5 Å². The van der Waals surface area contributed by atoms with Crippen molar-refractivity contribution < 1.29 is 49.0 Å². The molecular formula is C20H23F9N6O2. The van der Waals surface area contributed by atoms with Crippen molar-refractivity contribution >= 4 is 11.9 Å². The molecule has 0 bridgehead atoms. The maximum absolute atomic E-state index is 13.1. The summed E-state index contributed by atoms with van der Waals surface area (Å²) < 4.78 is 119. The lowest BCUT2D eigenvalue weighted by molar-refractivity contribution is -0.308. The van der Waals surface area contributed by atoms with Crippen molar-refractivity contribution in [2.24, 2.45) is 16.2 Å². The van der Waals surface area contributed by atoms with Crippen LogP contribution in [0.1, 0.15) is 36.5 Å². The molecule has 17 heteroatoms. The van der Waals surface area contributed by atoms with E-state index in [4.69, 9.17) is 11.3 Å².